The lowest BCUT2D eigenvalue weighted by Crippen LogP contribution is -2.51. The fourth-order valence-corrected chi connectivity index (χ4v) is 7.34. The zero-order valence-electron chi connectivity index (χ0n) is 13.9. The number of rotatable bonds is 0. The quantitative estimate of drug-likeness (QED) is 0.571. The summed E-state index contributed by atoms with van der Waals surface area (Å²) in [6, 6.07) is 2.66. The lowest BCUT2D eigenvalue weighted by Gasteiger charge is -2.59. The highest BCUT2D eigenvalue weighted by atomic mass is 14.6. The summed E-state index contributed by atoms with van der Waals surface area (Å²) in [6.07, 6.45) is 14.2. The molecule has 1 heteroatoms. The van der Waals surface area contributed by atoms with Crippen molar-refractivity contribution in [1.82, 2.24) is 0 Å². The van der Waals surface area contributed by atoms with E-state index >= 15 is 0 Å². The number of nitriles is 1. The summed E-state index contributed by atoms with van der Waals surface area (Å²) >= 11 is 0. The zero-order chi connectivity index (χ0) is 14.7. The second-order valence-corrected chi connectivity index (χ2v) is 9.29. The van der Waals surface area contributed by atoms with Gasteiger partial charge in [-0.3, -0.25) is 0 Å². The van der Waals surface area contributed by atoms with Crippen molar-refractivity contribution in [3.05, 3.63) is 0 Å². The molecule has 0 aromatic carbocycles. The van der Waals surface area contributed by atoms with Crippen LogP contribution in [0, 0.1) is 51.8 Å². The molecule has 0 spiro atoms. The molecule has 0 radical (unpaired) electrons. The minimum absolute atomic E-state index is 0.348. The second kappa shape index (κ2) is 4.74. The average molecular weight is 285 g/mol. The van der Waals surface area contributed by atoms with Crippen molar-refractivity contribution < 1.29 is 0 Å². The van der Waals surface area contributed by atoms with Crippen LogP contribution in [0.25, 0.3) is 0 Å². The lowest BCUT2D eigenvalue weighted by atomic mass is 9.45. The van der Waals surface area contributed by atoms with Crippen LogP contribution >= 0.6 is 0 Å². The van der Waals surface area contributed by atoms with Crippen molar-refractivity contribution in [3.8, 4) is 6.07 Å². The summed E-state index contributed by atoms with van der Waals surface area (Å²) < 4.78 is 0. The molecule has 4 aliphatic rings. The molecule has 3 unspecified atom stereocenters. The van der Waals surface area contributed by atoms with Gasteiger partial charge in [-0.2, -0.15) is 5.26 Å². The van der Waals surface area contributed by atoms with Crippen LogP contribution in [-0.2, 0) is 0 Å². The number of nitrogens with zero attached hydrogens (tertiary/aromatic N) is 1. The monoisotopic (exact) mass is 285 g/mol. The molecule has 4 rings (SSSR count). The number of hydrogen-bond acceptors (Lipinski definition) is 1. The molecule has 7 atom stereocenters. The van der Waals surface area contributed by atoms with Gasteiger partial charge in [0.2, 0.25) is 0 Å². The summed E-state index contributed by atoms with van der Waals surface area (Å²) in [4.78, 5) is 0. The average Bonchev–Trinajstić information content (AvgIpc) is 2.80. The van der Waals surface area contributed by atoms with E-state index in [0.29, 0.717) is 16.7 Å². The van der Waals surface area contributed by atoms with Crippen molar-refractivity contribution in [3.63, 3.8) is 0 Å². The van der Waals surface area contributed by atoms with Gasteiger partial charge in [-0.1, -0.05) is 26.7 Å². The molecule has 0 bridgehead atoms. The van der Waals surface area contributed by atoms with Crippen molar-refractivity contribution >= 4 is 0 Å². The van der Waals surface area contributed by atoms with E-state index in [4.69, 9.17) is 0 Å². The van der Waals surface area contributed by atoms with Gasteiger partial charge in [0.15, 0.2) is 0 Å². The van der Waals surface area contributed by atoms with E-state index in [1.165, 1.54) is 64.2 Å². The molecule has 0 aliphatic heterocycles. The van der Waals surface area contributed by atoms with Crippen molar-refractivity contribution in [2.75, 3.05) is 0 Å². The third kappa shape index (κ3) is 1.87. The van der Waals surface area contributed by atoms with Crippen molar-refractivity contribution in [2.45, 2.75) is 78.1 Å². The maximum atomic E-state index is 9.55. The molecular formula is C20H31N. The number of hydrogen-bond donors (Lipinski definition) is 0. The van der Waals surface area contributed by atoms with Crippen LogP contribution in [0.3, 0.4) is 0 Å². The van der Waals surface area contributed by atoms with Crippen LogP contribution in [0.4, 0.5) is 0 Å². The summed E-state index contributed by atoms with van der Waals surface area (Å²) in [5, 5.41) is 9.55. The Labute approximate surface area is 130 Å². The van der Waals surface area contributed by atoms with Crippen molar-refractivity contribution in [1.29, 1.82) is 5.26 Å². The molecule has 1 nitrogen and oxygen atoms in total. The summed E-state index contributed by atoms with van der Waals surface area (Å²) in [5.41, 5.74) is 1.00. The van der Waals surface area contributed by atoms with Crippen LogP contribution in [0.2, 0.25) is 0 Å². The fraction of sp³-hybridized carbons (Fsp3) is 0.950. The Hall–Kier alpha value is -0.510. The van der Waals surface area contributed by atoms with Gasteiger partial charge in [0.25, 0.3) is 0 Å². The van der Waals surface area contributed by atoms with Crippen LogP contribution in [0.15, 0.2) is 0 Å². The predicted molar refractivity (Wildman–Crippen MR) is 85.4 cm³/mol. The highest BCUT2D eigenvalue weighted by molar-refractivity contribution is 5.11. The third-order valence-electron chi connectivity index (χ3n) is 8.68. The third-order valence-corrected chi connectivity index (χ3v) is 8.68. The molecule has 116 valence electrons. The Balaban J connectivity index is 1.63. The molecular weight excluding hydrogens is 254 g/mol. The Morgan fingerprint density at radius 3 is 2.52 bits per heavy atom. The van der Waals surface area contributed by atoms with Crippen LogP contribution in [-0.4, -0.2) is 0 Å². The zero-order valence-corrected chi connectivity index (χ0v) is 13.9. The van der Waals surface area contributed by atoms with Gasteiger partial charge in [-0.05, 0) is 85.9 Å². The van der Waals surface area contributed by atoms with E-state index in [-0.39, 0.29) is 0 Å². The fourth-order valence-electron chi connectivity index (χ4n) is 7.34. The standard InChI is InChI=1S/C20H31N/c1-19-10-4-3-5-15(19)7-6-14-12-20(2)16(11-18(14)19)8-9-17(20)13-21/h14-18H,3-12H2,1-2H3/t14-,15?,16?,17-,18?,19-,20+/m1/s1. The Bertz CT molecular complexity index is 463. The van der Waals surface area contributed by atoms with Gasteiger partial charge >= 0.3 is 0 Å². The first-order valence-electron chi connectivity index (χ1n) is 9.47. The topological polar surface area (TPSA) is 23.8 Å². The molecule has 0 aromatic rings. The Morgan fingerprint density at radius 1 is 0.905 bits per heavy atom. The summed E-state index contributed by atoms with van der Waals surface area (Å²) in [6.45, 7) is 5.11. The van der Waals surface area contributed by atoms with Gasteiger partial charge < -0.3 is 0 Å². The SMILES string of the molecule is C[C@@]12CCCCC1CC[C@@H]1C[C@@]3(C)C(CC[C@@H]3C#N)CC12. The van der Waals surface area contributed by atoms with Crippen molar-refractivity contribution in [2.24, 2.45) is 40.4 Å². The van der Waals surface area contributed by atoms with E-state index in [9.17, 15) is 5.26 Å². The highest BCUT2D eigenvalue weighted by Crippen LogP contribution is 2.66. The van der Waals surface area contributed by atoms with Gasteiger partial charge in [0.05, 0.1) is 12.0 Å². The molecule has 0 amide bonds. The first-order chi connectivity index (χ1) is 10.1. The number of fused-ring (bicyclic) bond motifs is 4. The highest BCUT2D eigenvalue weighted by Gasteiger charge is 2.58. The van der Waals surface area contributed by atoms with E-state index in [2.05, 4.69) is 19.9 Å². The minimum atomic E-state index is 0.348. The molecule has 21 heavy (non-hydrogen) atoms. The first-order valence-corrected chi connectivity index (χ1v) is 9.47. The molecule has 0 saturated heterocycles. The van der Waals surface area contributed by atoms with E-state index < -0.39 is 0 Å². The Morgan fingerprint density at radius 2 is 1.71 bits per heavy atom. The summed E-state index contributed by atoms with van der Waals surface area (Å²) in [7, 11) is 0. The molecule has 0 heterocycles. The molecule has 0 aromatic heterocycles. The minimum Gasteiger partial charge on any atom is -0.198 e. The molecule has 0 N–H and O–H groups in total. The Kier molecular flexibility index (Phi) is 3.18. The van der Waals surface area contributed by atoms with Crippen LogP contribution in [0.5, 0.6) is 0 Å². The van der Waals surface area contributed by atoms with Gasteiger partial charge in [0, 0.05) is 0 Å². The van der Waals surface area contributed by atoms with Gasteiger partial charge in [-0.15, -0.1) is 0 Å². The van der Waals surface area contributed by atoms with Gasteiger partial charge in [0.1, 0.15) is 0 Å². The maximum absolute atomic E-state index is 9.55. The maximum Gasteiger partial charge on any atom is 0.0661 e. The largest absolute Gasteiger partial charge is 0.198 e. The normalized spacial score (nSPS) is 56.0. The lowest BCUT2D eigenvalue weighted by molar-refractivity contribution is -0.0980. The van der Waals surface area contributed by atoms with Gasteiger partial charge in [-0.25, -0.2) is 0 Å². The molecule has 4 fully saturated rings. The molecule has 4 aliphatic carbocycles. The smallest absolute Gasteiger partial charge is 0.0661 e. The van der Waals surface area contributed by atoms with Crippen LogP contribution in [0.1, 0.15) is 78.1 Å². The first kappa shape index (κ1) is 14.1. The second-order valence-electron chi connectivity index (χ2n) is 9.29. The van der Waals surface area contributed by atoms with Crippen LogP contribution < -0.4 is 0 Å². The predicted octanol–water partition coefficient (Wildman–Crippen LogP) is 5.56. The molecule has 4 saturated carbocycles. The van der Waals surface area contributed by atoms with E-state index in [1.807, 2.05) is 0 Å². The van der Waals surface area contributed by atoms with E-state index in [1.54, 1.807) is 0 Å². The van der Waals surface area contributed by atoms with E-state index in [0.717, 1.165) is 23.7 Å². The summed E-state index contributed by atoms with van der Waals surface area (Å²) in [5.74, 6) is 4.12.